The average Bonchev–Trinajstić information content (AvgIpc) is 2.67. The Morgan fingerprint density at radius 2 is 1.80 bits per heavy atom. The maximum atomic E-state index is 12.4. The van der Waals surface area contributed by atoms with E-state index in [1.54, 1.807) is 12.2 Å². The fourth-order valence-corrected chi connectivity index (χ4v) is 3.74. The minimum absolute atomic E-state index is 0.0838. The molecule has 0 saturated heterocycles. The van der Waals surface area contributed by atoms with Gasteiger partial charge in [0, 0.05) is 6.61 Å². The van der Waals surface area contributed by atoms with Gasteiger partial charge in [-0.1, -0.05) is 63.3 Å². The Kier molecular flexibility index (Phi) is 9.78. The number of carbonyl (C=O) groups is 2. The molecule has 0 saturated carbocycles. The summed E-state index contributed by atoms with van der Waals surface area (Å²) >= 11 is 0. The molecular weight excluding hydrogens is 398 g/mol. The van der Waals surface area contributed by atoms with Gasteiger partial charge in [-0.25, -0.2) is 9.59 Å². The third-order valence-electron chi connectivity index (χ3n) is 5.68. The quantitative estimate of drug-likeness (QED) is 0.272. The number of carbonyl (C=O) groups excluding carboxylic acids is 1. The van der Waals surface area contributed by atoms with Crippen molar-refractivity contribution in [3.63, 3.8) is 0 Å². The van der Waals surface area contributed by atoms with Gasteiger partial charge in [0.1, 0.15) is 12.1 Å². The van der Waals surface area contributed by atoms with Crippen molar-refractivity contribution in [2.75, 3.05) is 6.61 Å². The SMILES string of the molecule is C/C=C/CC(CCCO[Si](C)(C)C(C)(C)C)(NC(=O)OCc1ccccc1)C(=O)O. The Hall–Kier alpha value is -2.12. The van der Waals surface area contributed by atoms with Crippen molar-refractivity contribution >= 4 is 20.4 Å². The van der Waals surface area contributed by atoms with E-state index in [9.17, 15) is 14.7 Å². The number of rotatable bonds is 11. The highest BCUT2D eigenvalue weighted by Crippen LogP contribution is 2.36. The van der Waals surface area contributed by atoms with Crippen LogP contribution in [0.15, 0.2) is 42.5 Å². The summed E-state index contributed by atoms with van der Waals surface area (Å²) in [5.41, 5.74) is -0.596. The van der Waals surface area contributed by atoms with Crippen molar-refractivity contribution in [3.05, 3.63) is 48.0 Å². The Labute approximate surface area is 181 Å². The lowest BCUT2D eigenvalue weighted by Gasteiger charge is -2.36. The maximum absolute atomic E-state index is 12.4. The number of aliphatic carboxylic acids is 1. The van der Waals surface area contributed by atoms with Crippen molar-refractivity contribution < 1.29 is 23.9 Å². The van der Waals surface area contributed by atoms with Crippen molar-refractivity contribution in [2.45, 2.75) is 77.2 Å². The van der Waals surface area contributed by atoms with Gasteiger partial charge in [0.05, 0.1) is 0 Å². The zero-order valence-corrected chi connectivity index (χ0v) is 20.2. The number of ether oxygens (including phenoxy) is 1. The fraction of sp³-hybridized carbons (Fsp3) is 0.565. The molecule has 1 unspecified atom stereocenters. The van der Waals surface area contributed by atoms with Crippen molar-refractivity contribution in [3.8, 4) is 0 Å². The van der Waals surface area contributed by atoms with Crippen LogP contribution in [0.2, 0.25) is 18.1 Å². The van der Waals surface area contributed by atoms with E-state index in [1.807, 2.05) is 37.3 Å². The van der Waals surface area contributed by atoms with Gasteiger partial charge in [0.15, 0.2) is 8.32 Å². The second kappa shape index (κ2) is 11.3. The first-order valence-electron chi connectivity index (χ1n) is 10.4. The minimum atomic E-state index is -1.91. The molecular formula is C23H37NO5Si. The monoisotopic (exact) mass is 435 g/mol. The number of hydrogen-bond acceptors (Lipinski definition) is 4. The Morgan fingerprint density at radius 1 is 1.17 bits per heavy atom. The molecule has 0 bridgehead atoms. The van der Waals surface area contributed by atoms with E-state index in [-0.39, 0.29) is 24.5 Å². The van der Waals surface area contributed by atoms with Gasteiger partial charge in [-0.3, -0.25) is 0 Å². The number of alkyl carbamates (subject to hydrolysis) is 1. The van der Waals surface area contributed by atoms with Crippen LogP contribution >= 0.6 is 0 Å². The topological polar surface area (TPSA) is 84.9 Å². The lowest BCUT2D eigenvalue weighted by molar-refractivity contribution is -0.145. The molecule has 7 heteroatoms. The summed E-state index contributed by atoms with van der Waals surface area (Å²) < 4.78 is 11.4. The zero-order chi connectivity index (χ0) is 22.8. The molecule has 30 heavy (non-hydrogen) atoms. The first-order chi connectivity index (χ1) is 13.9. The molecule has 0 radical (unpaired) electrons. The highest BCUT2D eigenvalue weighted by atomic mass is 28.4. The molecule has 0 aliphatic carbocycles. The number of carboxylic acids is 1. The van der Waals surface area contributed by atoms with E-state index in [4.69, 9.17) is 9.16 Å². The third kappa shape index (κ3) is 7.95. The highest BCUT2D eigenvalue weighted by molar-refractivity contribution is 6.74. The molecule has 2 N–H and O–H groups in total. The number of allylic oxidation sites excluding steroid dienone is 1. The number of benzene rings is 1. The van der Waals surface area contributed by atoms with Crippen LogP contribution < -0.4 is 5.32 Å². The summed E-state index contributed by atoms with van der Waals surface area (Å²) in [6.07, 6.45) is 3.74. The van der Waals surface area contributed by atoms with E-state index < -0.39 is 25.9 Å². The predicted octanol–water partition coefficient (Wildman–Crippen LogP) is 5.50. The Balaban J connectivity index is 2.77. The fourth-order valence-electron chi connectivity index (χ4n) is 2.65. The van der Waals surface area contributed by atoms with E-state index in [0.29, 0.717) is 13.0 Å². The van der Waals surface area contributed by atoms with Crippen LogP contribution in [-0.2, 0) is 20.6 Å². The molecule has 0 aliphatic heterocycles. The molecule has 1 atom stereocenters. The third-order valence-corrected chi connectivity index (χ3v) is 10.2. The number of carboxylic acid groups (broad SMARTS) is 1. The van der Waals surface area contributed by atoms with Crippen LogP contribution in [0.3, 0.4) is 0 Å². The summed E-state index contributed by atoms with van der Waals surface area (Å²) in [6, 6.07) is 9.27. The van der Waals surface area contributed by atoms with Gasteiger partial charge in [-0.15, -0.1) is 0 Å². The van der Waals surface area contributed by atoms with Gasteiger partial charge in [0.2, 0.25) is 0 Å². The molecule has 1 amide bonds. The van der Waals surface area contributed by atoms with E-state index in [0.717, 1.165) is 5.56 Å². The minimum Gasteiger partial charge on any atom is -0.479 e. The van der Waals surface area contributed by atoms with Crippen LogP contribution in [0.1, 0.15) is 52.5 Å². The van der Waals surface area contributed by atoms with Gasteiger partial charge < -0.3 is 19.6 Å². The maximum Gasteiger partial charge on any atom is 0.408 e. The lowest BCUT2D eigenvalue weighted by Crippen LogP contribution is -2.54. The summed E-state index contributed by atoms with van der Waals surface area (Å²) in [6.45, 7) is 13.2. The number of nitrogens with one attached hydrogen (secondary N) is 1. The first-order valence-corrected chi connectivity index (χ1v) is 13.3. The second-order valence-corrected chi connectivity index (χ2v) is 13.9. The van der Waals surface area contributed by atoms with Crippen LogP contribution in [0, 0.1) is 0 Å². The standard InChI is InChI=1S/C23H37NO5Si/c1-7-8-15-23(20(25)26,16-12-17-29-30(5,6)22(2,3)4)24-21(27)28-18-19-13-10-9-11-14-19/h7-11,13-14H,12,15-18H2,1-6H3,(H,24,27)(H,25,26)/b8-7+. The molecule has 6 nitrogen and oxygen atoms in total. The van der Waals surface area contributed by atoms with Gasteiger partial charge in [-0.2, -0.15) is 0 Å². The molecule has 0 spiro atoms. The lowest BCUT2D eigenvalue weighted by atomic mass is 9.89. The molecule has 0 aliphatic rings. The summed E-state index contributed by atoms with van der Waals surface area (Å²) in [4.78, 5) is 24.5. The zero-order valence-electron chi connectivity index (χ0n) is 19.2. The Bertz CT molecular complexity index is 712. The van der Waals surface area contributed by atoms with Crippen LogP contribution in [0.4, 0.5) is 4.79 Å². The average molecular weight is 436 g/mol. The molecule has 1 rings (SSSR count). The molecule has 1 aromatic carbocycles. The summed E-state index contributed by atoms with van der Waals surface area (Å²) in [5.74, 6) is -1.08. The molecule has 0 heterocycles. The number of hydrogen-bond donors (Lipinski definition) is 2. The van der Waals surface area contributed by atoms with Gasteiger partial charge in [0.25, 0.3) is 0 Å². The summed E-state index contributed by atoms with van der Waals surface area (Å²) in [5, 5.41) is 12.6. The van der Waals surface area contributed by atoms with Gasteiger partial charge in [-0.05, 0) is 49.9 Å². The van der Waals surface area contributed by atoms with Gasteiger partial charge >= 0.3 is 12.1 Å². The van der Waals surface area contributed by atoms with Crippen molar-refractivity contribution in [1.29, 1.82) is 0 Å². The smallest absolute Gasteiger partial charge is 0.408 e. The normalized spacial score (nSPS) is 14.3. The second-order valence-electron chi connectivity index (χ2n) is 9.06. The molecule has 0 aromatic heterocycles. The highest BCUT2D eigenvalue weighted by Gasteiger charge is 2.40. The molecule has 1 aromatic rings. The van der Waals surface area contributed by atoms with E-state index in [1.165, 1.54) is 0 Å². The Morgan fingerprint density at radius 3 is 2.33 bits per heavy atom. The van der Waals surface area contributed by atoms with E-state index >= 15 is 0 Å². The van der Waals surface area contributed by atoms with Crippen molar-refractivity contribution in [2.24, 2.45) is 0 Å². The summed E-state index contributed by atoms with van der Waals surface area (Å²) in [7, 11) is -1.91. The molecule has 0 fully saturated rings. The van der Waals surface area contributed by atoms with Crippen LogP contribution in [0.25, 0.3) is 0 Å². The molecule has 168 valence electrons. The van der Waals surface area contributed by atoms with E-state index in [2.05, 4.69) is 39.2 Å². The first kappa shape index (κ1) is 25.9. The van der Waals surface area contributed by atoms with Crippen molar-refractivity contribution in [1.82, 2.24) is 5.32 Å². The van der Waals surface area contributed by atoms with Crippen LogP contribution in [0.5, 0.6) is 0 Å². The van der Waals surface area contributed by atoms with Crippen LogP contribution in [-0.4, -0.2) is 37.6 Å². The largest absolute Gasteiger partial charge is 0.479 e. The predicted molar refractivity (Wildman–Crippen MR) is 122 cm³/mol. The number of amides is 1.